The van der Waals surface area contributed by atoms with Gasteiger partial charge in [0.1, 0.15) is 22.7 Å². The van der Waals surface area contributed by atoms with Crippen LogP contribution in [0.1, 0.15) is 26.2 Å². The number of aromatic nitrogens is 2. The molecule has 0 aliphatic carbocycles. The first kappa shape index (κ1) is 18.2. The molecular weight excluding hydrogens is 356 g/mol. The van der Waals surface area contributed by atoms with Gasteiger partial charge in [-0.15, -0.1) is 11.3 Å². The van der Waals surface area contributed by atoms with Crippen LogP contribution in [0.25, 0.3) is 21.3 Å². The first-order chi connectivity index (χ1) is 13.2. The summed E-state index contributed by atoms with van der Waals surface area (Å²) in [6.45, 7) is 5.71. The number of methoxy groups -OCH3 is 1. The van der Waals surface area contributed by atoms with Crippen molar-refractivity contribution in [3.63, 3.8) is 0 Å². The Bertz CT molecular complexity index is 887. The molecule has 1 unspecified atom stereocenters. The number of rotatable bonds is 6. The molecule has 1 fully saturated rings. The summed E-state index contributed by atoms with van der Waals surface area (Å²) in [5.41, 5.74) is 2.33. The second-order valence-corrected chi connectivity index (χ2v) is 8.05. The van der Waals surface area contributed by atoms with E-state index in [-0.39, 0.29) is 0 Å². The SMILES string of the molecule is COc1ccc(-c2csc3ncnc(NC(C)CN4CCCCC4)c23)cc1. The highest BCUT2D eigenvalue weighted by atomic mass is 32.1. The minimum Gasteiger partial charge on any atom is -0.497 e. The van der Waals surface area contributed by atoms with Gasteiger partial charge in [-0.25, -0.2) is 9.97 Å². The zero-order valence-electron chi connectivity index (χ0n) is 15.9. The smallest absolute Gasteiger partial charge is 0.139 e. The van der Waals surface area contributed by atoms with Crippen molar-refractivity contribution in [1.29, 1.82) is 0 Å². The van der Waals surface area contributed by atoms with Crippen LogP contribution < -0.4 is 10.1 Å². The quantitative estimate of drug-likeness (QED) is 0.672. The van der Waals surface area contributed by atoms with E-state index in [9.17, 15) is 0 Å². The lowest BCUT2D eigenvalue weighted by atomic mass is 10.1. The molecule has 1 aromatic carbocycles. The number of thiophene rings is 1. The molecule has 3 heterocycles. The third-order valence-corrected chi connectivity index (χ3v) is 6.02. The van der Waals surface area contributed by atoms with E-state index in [0.29, 0.717) is 6.04 Å². The molecule has 1 atom stereocenters. The highest BCUT2D eigenvalue weighted by molar-refractivity contribution is 7.17. The minimum atomic E-state index is 0.338. The summed E-state index contributed by atoms with van der Waals surface area (Å²) in [4.78, 5) is 12.6. The van der Waals surface area contributed by atoms with Gasteiger partial charge >= 0.3 is 0 Å². The standard InChI is InChI=1S/C21H26N4OS/c1-15(12-25-10-4-3-5-11-25)24-20-19-18(13-27-21(19)23-14-22-20)16-6-8-17(26-2)9-7-16/h6-9,13-15H,3-5,10-12H2,1-2H3,(H,22,23,24). The molecule has 4 rings (SSSR count). The van der Waals surface area contributed by atoms with Gasteiger partial charge in [0.25, 0.3) is 0 Å². The normalized spacial score (nSPS) is 16.4. The highest BCUT2D eigenvalue weighted by Gasteiger charge is 2.17. The zero-order valence-corrected chi connectivity index (χ0v) is 16.8. The summed E-state index contributed by atoms with van der Waals surface area (Å²) < 4.78 is 5.28. The Morgan fingerprint density at radius 3 is 2.67 bits per heavy atom. The number of likely N-dealkylation sites (tertiary alicyclic amines) is 1. The van der Waals surface area contributed by atoms with E-state index >= 15 is 0 Å². The summed E-state index contributed by atoms with van der Waals surface area (Å²) in [5.74, 6) is 1.79. The average molecular weight is 383 g/mol. The number of ether oxygens (including phenoxy) is 1. The molecule has 3 aromatic rings. The van der Waals surface area contributed by atoms with Gasteiger partial charge in [0, 0.05) is 23.5 Å². The van der Waals surface area contributed by atoms with Gasteiger partial charge in [-0.3, -0.25) is 0 Å². The number of fused-ring (bicyclic) bond motifs is 1. The molecule has 6 heteroatoms. The van der Waals surface area contributed by atoms with Crippen LogP contribution in [-0.4, -0.2) is 47.7 Å². The molecule has 0 amide bonds. The van der Waals surface area contributed by atoms with Crippen LogP contribution in [0.4, 0.5) is 5.82 Å². The van der Waals surface area contributed by atoms with E-state index in [0.717, 1.165) is 33.9 Å². The van der Waals surface area contributed by atoms with E-state index in [4.69, 9.17) is 4.74 Å². The van der Waals surface area contributed by atoms with Gasteiger partial charge in [-0.05, 0) is 50.6 Å². The second-order valence-electron chi connectivity index (χ2n) is 7.19. The van der Waals surface area contributed by atoms with E-state index < -0.39 is 0 Å². The van der Waals surface area contributed by atoms with Crippen LogP contribution in [0, 0.1) is 0 Å². The summed E-state index contributed by atoms with van der Waals surface area (Å²) in [6.07, 6.45) is 5.66. The monoisotopic (exact) mass is 382 g/mol. The fourth-order valence-corrected chi connectivity index (χ4v) is 4.69. The van der Waals surface area contributed by atoms with Crippen molar-refractivity contribution in [1.82, 2.24) is 14.9 Å². The van der Waals surface area contributed by atoms with Crippen molar-refractivity contribution in [2.75, 3.05) is 32.1 Å². The van der Waals surface area contributed by atoms with Crippen molar-refractivity contribution in [3.05, 3.63) is 36.0 Å². The Morgan fingerprint density at radius 2 is 1.93 bits per heavy atom. The highest BCUT2D eigenvalue weighted by Crippen LogP contribution is 2.37. The molecule has 0 spiro atoms. The Labute approximate surface area is 164 Å². The zero-order chi connectivity index (χ0) is 18.6. The molecule has 0 bridgehead atoms. The minimum absolute atomic E-state index is 0.338. The molecule has 1 saturated heterocycles. The van der Waals surface area contributed by atoms with Crippen molar-refractivity contribution in [3.8, 4) is 16.9 Å². The average Bonchev–Trinajstić information content (AvgIpc) is 3.14. The topological polar surface area (TPSA) is 50.3 Å². The fraction of sp³-hybridized carbons (Fsp3) is 0.429. The van der Waals surface area contributed by atoms with Gasteiger partial charge in [0.05, 0.1) is 12.5 Å². The van der Waals surface area contributed by atoms with Gasteiger partial charge in [0.15, 0.2) is 0 Å². The molecule has 1 N–H and O–H groups in total. The Hall–Kier alpha value is -2.18. The Kier molecular flexibility index (Phi) is 5.55. The number of hydrogen-bond acceptors (Lipinski definition) is 6. The lowest BCUT2D eigenvalue weighted by Gasteiger charge is -2.29. The second kappa shape index (κ2) is 8.23. The number of piperidine rings is 1. The lowest BCUT2D eigenvalue weighted by Crippen LogP contribution is -2.38. The third kappa shape index (κ3) is 4.06. The fourth-order valence-electron chi connectivity index (χ4n) is 3.78. The molecule has 0 saturated carbocycles. The molecule has 1 aliphatic heterocycles. The van der Waals surface area contributed by atoms with Gasteiger partial charge in [-0.2, -0.15) is 0 Å². The third-order valence-electron chi connectivity index (χ3n) is 5.14. The maximum atomic E-state index is 5.28. The van der Waals surface area contributed by atoms with Crippen molar-refractivity contribution >= 4 is 27.4 Å². The largest absolute Gasteiger partial charge is 0.497 e. The number of hydrogen-bond donors (Lipinski definition) is 1. The van der Waals surface area contributed by atoms with Crippen LogP contribution in [0.15, 0.2) is 36.0 Å². The number of nitrogens with zero attached hydrogens (tertiary/aromatic N) is 3. The van der Waals surface area contributed by atoms with E-state index in [1.54, 1.807) is 24.8 Å². The van der Waals surface area contributed by atoms with Gasteiger partial charge < -0.3 is 15.0 Å². The van der Waals surface area contributed by atoms with Gasteiger partial charge in [-0.1, -0.05) is 18.6 Å². The summed E-state index contributed by atoms with van der Waals surface area (Å²) in [7, 11) is 1.69. The summed E-state index contributed by atoms with van der Waals surface area (Å²) in [6, 6.07) is 8.51. The predicted octanol–water partition coefficient (Wildman–Crippen LogP) is 4.65. The molecular formula is C21H26N4OS. The lowest BCUT2D eigenvalue weighted by molar-refractivity contribution is 0.223. The summed E-state index contributed by atoms with van der Waals surface area (Å²) in [5, 5.41) is 6.92. The Morgan fingerprint density at radius 1 is 1.15 bits per heavy atom. The van der Waals surface area contributed by atoms with E-state index in [1.807, 2.05) is 12.1 Å². The predicted molar refractivity (Wildman–Crippen MR) is 113 cm³/mol. The van der Waals surface area contributed by atoms with Crippen LogP contribution in [0.3, 0.4) is 0 Å². The molecule has 142 valence electrons. The molecule has 27 heavy (non-hydrogen) atoms. The van der Waals surface area contributed by atoms with Gasteiger partial charge in [0.2, 0.25) is 0 Å². The molecule has 2 aromatic heterocycles. The maximum Gasteiger partial charge on any atom is 0.139 e. The first-order valence-electron chi connectivity index (χ1n) is 9.60. The van der Waals surface area contributed by atoms with Crippen LogP contribution in [-0.2, 0) is 0 Å². The number of nitrogens with one attached hydrogen (secondary N) is 1. The molecule has 0 radical (unpaired) electrons. The molecule has 5 nitrogen and oxygen atoms in total. The van der Waals surface area contributed by atoms with Crippen molar-refractivity contribution in [2.45, 2.75) is 32.2 Å². The number of anilines is 1. The van der Waals surface area contributed by atoms with Crippen molar-refractivity contribution in [2.24, 2.45) is 0 Å². The maximum absolute atomic E-state index is 5.28. The first-order valence-corrected chi connectivity index (χ1v) is 10.5. The van der Waals surface area contributed by atoms with E-state index in [2.05, 4.69) is 44.6 Å². The van der Waals surface area contributed by atoms with Crippen LogP contribution in [0.2, 0.25) is 0 Å². The number of benzene rings is 1. The summed E-state index contributed by atoms with van der Waals surface area (Å²) >= 11 is 1.66. The molecule has 1 aliphatic rings. The van der Waals surface area contributed by atoms with E-state index in [1.165, 1.54) is 37.9 Å². The van der Waals surface area contributed by atoms with Crippen LogP contribution in [0.5, 0.6) is 5.75 Å². The van der Waals surface area contributed by atoms with Crippen LogP contribution >= 0.6 is 11.3 Å². The Balaban J connectivity index is 1.59. The van der Waals surface area contributed by atoms with Crippen molar-refractivity contribution < 1.29 is 4.74 Å².